The van der Waals surface area contributed by atoms with Crippen LogP contribution in [0.2, 0.25) is 18.1 Å². The van der Waals surface area contributed by atoms with Gasteiger partial charge in [0, 0.05) is 12.3 Å². The van der Waals surface area contributed by atoms with Gasteiger partial charge in [-0.05, 0) is 69.9 Å². The van der Waals surface area contributed by atoms with Gasteiger partial charge < -0.3 is 23.5 Å². The lowest BCUT2D eigenvalue weighted by Gasteiger charge is -2.36. The minimum Gasteiger partial charge on any atom is -0.467 e. The summed E-state index contributed by atoms with van der Waals surface area (Å²) in [4.78, 5) is 40.4. The van der Waals surface area contributed by atoms with E-state index in [1.165, 1.54) is 12.0 Å². The summed E-state index contributed by atoms with van der Waals surface area (Å²) in [5.41, 5.74) is -0.353. The van der Waals surface area contributed by atoms with Crippen molar-refractivity contribution in [2.24, 2.45) is 0 Å². The lowest BCUT2D eigenvalue weighted by atomic mass is 10.1. The molecule has 1 fully saturated rings. The molecule has 8 nitrogen and oxygen atoms in total. The van der Waals surface area contributed by atoms with Crippen molar-refractivity contribution < 1.29 is 33.0 Å². The number of anilines is 1. The Labute approximate surface area is 210 Å². The third kappa shape index (κ3) is 6.06. The van der Waals surface area contributed by atoms with Crippen LogP contribution in [0.15, 0.2) is 24.3 Å². The number of benzene rings is 1. The molecule has 1 heterocycles. The molecule has 1 aromatic rings. The van der Waals surface area contributed by atoms with Crippen molar-refractivity contribution in [2.45, 2.75) is 96.8 Å². The average Bonchev–Trinajstić information content (AvgIpc) is 3.43. The molecule has 1 aliphatic rings. The van der Waals surface area contributed by atoms with E-state index >= 15 is 0 Å². The van der Waals surface area contributed by atoms with E-state index in [2.05, 4.69) is 33.9 Å². The van der Waals surface area contributed by atoms with Crippen LogP contribution in [0, 0.1) is 0 Å². The van der Waals surface area contributed by atoms with E-state index in [9.17, 15) is 14.4 Å². The Morgan fingerprint density at radius 1 is 0.971 bits per heavy atom. The van der Waals surface area contributed by atoms with Crippen molar-refractivity contribution in [3.63, 3.8) is 0 Å². The van der Waals surface area contributed by atoms with Gasteiger partial charge in [0.1, 0.15) is 0 Å². The van der Waals surface area contributed by atoms with Gasteiger partial charge in [0.15, 0.2) is 14.4 Å². The van der Waals surface area contributed by atoms with Crippen molar-refractivity contribution >= 4 is 31.9 Å². The molecule has 0 N–H and O–H groups in total. The molecule has 1 aromatic carbocycles. The number of rotatable bonds is 10. The SMILES string of the molecule is COC(=O)C1N(c2ccc(CCO[Si](C)(C)C(C)(C)C)cc2)C1(C(=O)OC(C)C)C(=O)OC(C)C. The first-order valence-electron chi connectivity index (χ1n) is 12.1. The van der Waals surface area contributed by atoms with Gasteiger partial charge in [-0.25, -0.2) is 14.4 Å². The maximum Gasteiger partial charge on any atom is 0.347 e. The number of methoxy groups -OCH3 is 1. The van der Waals surface area contributed by atoms with Crippen LogP contribution in [0.5, 0.6) is 0 Å². The first-order chi connectivity index (χ1) is 16.1. The van der Waals surface area contributed by atoms with Gasteiger partial charge in [-0.1, -0.05) is 32.9 Å². The lowest BCUT2D eigenvalue weighted by molar-refractivity contribution is -0.165. The van der Waals surface area contributed by atoms with E-state index < -0.39 is 50.0 Å². The molecule has 0 aromatic heterocycles. The lowest BCUT2D eigenvalue weighted by Crippen LogP contribution is -2.45. The second-order valence-electron chi connectivity index (χ2n) is 11.0. The Morgan fingerprint density at radius 2 is 1.46 bits per heavy atom. The van der Waals surface area contributed by atoms with Crippen LogP contribution in [0.4, 0.5) is 5.69 Å². The summed E-state index contributed by atoms with van der Waals surface area (Å²) >= 11 is 0. The quantitative estimate of drug-likeness (QED) is 0.153. The van der Waals surface area contributed by atoms with Crippen LogP contribution < -0.4 is 4.90 Å². The molecule has 9 heteroatoms. The number of hydrogen-bond donors (Lipinski definition) is 0. The molecule has 0 spiro atoms. The maximum absolute atomic E-state index is 13.2. The van der Waals surface area contributed by atoms with Gasteiger partial charge in [-0.15, -0.1) is 0 Å². The predicted molar refractivity (Wildman–Crippen MR) is 137 cm³/mol. The smallest absolute Gasteiger partial charge is 0.347 e. The molecule has 35 heavy (non-hydrogen) atoms. The van der Waals surface area contributed by atoms with Crippen molar-refractivity contribution in [2.75, 3.05) is 18.6 Å². The maximum atomic E-state index is 13.2. The molecule has 0 bridgehead atoms. The highest BCUT2D eigenvalue weighted by Gasteiger charge is 2.79. The van der Waals surface area contributed by atoms with Gasteiger partial charge in [0.05, 0.1) is 19.3 Å². The molecule has 196 valence electrons. The van der Waals surface area contributed by atoms with Crippen LogP contribution in [0.1, 0.15) is 54.0 Å². The summed E-state index contributed by atoms with van der Waals surface area (Å²) < 4.78 is 22.0. The fourth-order valence-electron chi connectivity index (χ4n) is 3.61. The van der Waals surface area contributed by atoms with E-state index in [4.69, 9.17) is 18.6 Å². The minimum absolute atomic E-state index is 0.136. The summed E-state index contributed by atoms with van der Waals surface area (Å²) in [5.74, 6) is -2.38. The molecule has 0 amide bonds. The Bertz CT molecular complexity index is 897. The normalized spacial score (nSPS) is 17.4. The molecule has 1 saturated heterocycles. The average molecular weight is 508 g/mol. The number of ether oxygens (including phenoxy) is 3. The zero-order valence-corrected chi connectivity index (χ0v) is 23.8. The minimum atomic E-state index is -1.92. The standard InChI is InChI=1S/C26H41NO7Si/c1-17(2)33-23(29)26(24(30)34-18(3)4)21(22(28)31-8)27(26)20-13-11-19(12-14-20)15-16-32-35(9,10)25(5,6)7/h11-14,17-18,21H,15-16H2,1-10H3. The van der Waals surface area contributed by atoms with Gasteiger partial charge in [-0.3, -0.25) is 0 Å². The Morgan fingerprint density at radius 3 is 1.86 bits per heavy atom. The Kier molecular flexibility index (Phi) is 8.82. The number of carbonyl (C=O) groups excluding carboxylic acids is 3. The van der Waals surface area contributed by atoms with Crippen LogP contribution in [0.3, 0.4) is 0 Å². The van der Waals surface area contributed by atoms with Crippen LogP contribution in [-0.2, 0) is 39.4 Å². The fraction of sp³-hybridized carbons (Fsp3) is 0.654. The first-order valence-corrected chi connectivity index (χ1v) is 15.0. The highest BCUT2D eigenvalue weighted by Crippen LogP contribution is 2.48. The summed E-state index contributed by atoms with van der Waals surface area (Å²) in [5, 5.41) is 0.136. The first kappa shape index (κ1) is 28.8. The molecule has 2 rings (SSSR count). The monoisotopic (exact) mass is 507 g/mol. The molecule has 0 saturated carbocycles. The summed E-state index contributed by atoms with van der Waals surface area (Å²) in [7, 11) is -0.619. The second-order valence-corrected chi connectivity index (χ2v) is 15.8. The molecule has 0 aliphatic carbocycles. The Balaban J connectivity index is 2.31. The van der Waals surface area contributed by atoms with Gasteiger partial charge in [0.2, 0.25) is 0 Å². The third-order valence-corrected chi connectivity index (χ3v) is 11.1. The van der Waals surface area contributed by atoms with Crippen LogP contribution >= 0.6 is 0 Å². The topological polar surface area (TPSA) is 91.1 Å². The van der Waals surface area contributed by atoms with Crippen molar-refractivity contribution in [3.05, 3.63) is 29.8 Å². The predicted octanol–water partition coefficient (Wildman–Crippen LogP) is 4.25. The summed E-state index contributed by atoms with van der Waals surface area (Å²) in [6, 6.07) is 6.21. The van der Waals surface area contributed by atoms with E-state index in [1.54, 1.807) is 39.8 Å². The van der Waals surface area contributed by atoms with Crippen molar-refractivity contribution in [1.29, 1.82) is 0 Å². The number of carbonyl (C=O) groups is 3. The number of nitrogens with zero attached hydrogens (tertiary/aromatic N) is 1. The Hall–Kier alpha value is -2.39. The van der Waals surface area contributed by atoms with Crippen LogP contribution in [0.25, 0.3) is 0 Å². The largest absolute Gasteiger partial charge is 0.467 e. The zero-order valence-electron chi connectivity index (χ0n) is 22.8. The summed E-state index contributed by atoms with van der Waals surface area (Å²) in [6.45, 7) is 18.4. The van der Waals surface area contributed by atoms with E-state index in [1.807, 2.05) is 12.1 Å². The third-order valence-electron chi connectivity index (χ3n) is 6.57. The van der Waals surface area contributed by atoms with Crippen molar-refractivity contribution in [1.82, 2.24) is 0 Å². The molecular formula is C26H41NO7Si. The fourth-order valence-corrected chi connectivity index (χ4v) is 4.65. The zero-order chi connectivity index (χ0) is 26.8. The molecule has 1 atom stereocenters. The van der Waals surface area contributed by atoms with Crippen LogP contribution in [-0.4, -0.2) is 63.7 Å². The van der Waals surface area contributed by atoms with Gasteiger partial charge in [0.25, 0.3) is 5.54 Å². The molecule has 1 unspecified atom stereocenters. The highest BCUT2D eigenvalue weighted by atomic mass is 28.4. The van der Waals surface area contributed by atoms with E-state index in [0.29, 0.717) is 12.3 Å². The number of hydrogen-bond acceptors (Lipinski definition) is 8. The highest BCUT2D eigenvalue weighted by molar-refractivity contribution is 6.74. The molecule has 0 radical (unpaired) electrons. The number of esters is 3. The van der Waals surface area contributed by atoms with Crippen molar-refractivity contribution in [3.8, 4) is 0 Å². The van der Waals surface area contributed by atoms with Gasteiger partial charge in [-0.2, -0.15) is 0 Å². The second kappa shape index (κ2) is 10.7. The van der Waals surface area contributed by atoms with E-state index in [0.717, 1.165) is 12.0 Å². The molecule has 1 aliphatic heterocycles. The van der Waals surface area contributed by atoms with E-state index in [-0.39, 0.29) is 5.04 Å². The summed E-state index contributed by atoms with van der Waals surface area (Å²) in [6.07, 6.45) is -0.228. The van der Waals surface area contributed by atoms with Gasteiger partial charge >= 0.3 is 17.9 Å². The molecular weight excluding hydrogens is 466 g/mol.